The van der Waals surface area contributed by atoms with Gasteiger partial charge in [-0.25, -0.2) is 9.98 Å². The minimum Gasteiger partial charge on any atom is -0.357 e. The zero-order valence-corrected chi connectivity index (χ0v) is 20.7. The van der Waals surface area contributed by atoms with Crippen molar-refractivity contribution in [1.29, 1.82) is 0 Å². The molecule has 2 rings (SSSR count). The van der Waals surface area contributed by atoms with Crippen molar-refractivity contribution in [2.75, 3.05) is 57.3 Å². The van der Waals surface area contributed by atoms with E-state index in [4.69, 9.17) is 4.99 Å². The van der Waals surface area contributed by atoms with Crippen molar-refractivity contribution < 1.29 is 0 Å². The van der Waals surface area contributed by atoms with E-state index in [-0.39, 0.29) is 0 Å². The summed E-state index contributed by atoms with van der Waals surface area (Å²) in [6.45, 7) is 22.4. The molecule has 1 aromatic heterocycles. The molecule has 0 bridgehead atoms. The van der Waals surface area contributed by atoms with E-state index in [0.717, 1.165) is 70.6 Å². The number of aromatic nitrogens is 1. The third-order valence-electron chi connectivity index (χ3n) is 5.93. The minimum atomic E-state index is 0.577. The standard InChI is InChI=1S/C24H45N7/c1-7-25-24(27-11-9-13-31(20(3)4)21(5)6)28-19-22-10-12-26-23(18-22)30-16-14-29(8-2)15-17-30/h10,12,18,20-21H,7-9,11,13-17,19H2,1-6H3,(H2,25,27,28). The summed E-state index contributed by atoms with van der Waals surface area (Å²) in [5.41, 5.74) is 1.20. The van der Waals surface area contributed by atoms with Gasteiger partial charge in [0.15, 0.2) is 5.96 Å². The summed E-state index contributed by atoms with van der Waals surface area (Å²) >= 11 is 0. The van der Waals surface area contributed by atoms with Crippen molar-refractivity contribution in [3.8, 4) is 0 Å². The molecule has 0 atom stereocenters. The highest BCUT2D eigenvalue weighted by Gasteiger charge is 2.17. The summed E-state index contributed by atoms with van der Waals surface area (Å²) in [6.07, 6.45) is 3.02. The van der Waals surface area contributed by atoms with Gasteiger partial charge in [-0.3, -0.25) is 4.90 Å². The van der Waals surface area contributed by atoms with Gasteiger partial charge < -0.3 is 20.4 Å². The van der Waals surface area contributed by atoms with Crippen LogP contribution < -0.4 is 15.5 Å². The van der Waals surface area contributed by atoms with Crippen molar-refractivity contribution in [3.63, 3.8) is 0 Å². The molecule has 1 saturated heterocycles. The van der Waals surface area contributed by atoms with Gasteiger partial charge in [-0.2, -0.15) is 0 Å². The lowest BCUT2D eigenvalue weighted by atomic mass is 10.2. The number of nitrogens with zero attached hydrogens (tertiary/aromatic N) is 5. The maximum absolute atomic E-state index is 4.81. The van der Waals surface area contributed by atoms with Gasteiger partial charge in [0.1, 0.15) is 5.82 Å². The molecular formula is C24H45N7. The Morgan fingerprint density at radius 1 is 1.10 bits per heavy atom. The topological polar surface area (TPSA) is 59.0 Å². The van der Waals surface area contributed by atoms with E-state index >= 15 is 0 Å². The second-order valence-electron chi connectivity index (χ2n) is 8.84. The molecule has 1 aliphatic heterocycles. The van der Waals surface area contributed by atoms with Crippen LogP contribution in [0.5, 0.6) is 0 Å². The third kappa shape index (κ3) is 8.65. The molecule has 7 nitrogen and oxygen atoms in total. The van der Waals surface area contributed by atoms with Crippen LogP contribution in [-0.4, -0.2) is 85.2 Å². The fourth-order valence-electron chi connectivity index (χ4n) is 4.12. The van der Waals surface area contributed by atoms with Gasteiger partial charge in [0.25, 0.3) is 0 Å². The molecule has 2 heterocycles. The van der Waals surface area contributed by atoms with E-state index in [1.54, 1.807) is 0 Å². The molecule has 31 heavy (non-hydrogen) atoms. The quantitative estimate of drug-likeness (QED) is 0.319. The van der Waals surface area contributed by atoms with Crippen LogP contribution in [0.2, 0.25) is 0 Å². The number of anilines is 1. The number of piperazine rings is 1. The van der Waals surface area contributed by atoms with Gasteiger partial charge >= 0.3 is 0 Å². The summed E-state index contributed by atoms with van der Waals surface area (Å²) < 4.78 is 0. The molecule has 0 unspecified atom stereocenters. The maximum atomic E-state index is 4.81. The fourth-order valence-corrected chi connectivity index (χ4v) is 4.12. The molecule has 2 N–H and O–H groups in total. The molecule has 7 heteroatoms. The van der Waals surface area contributed by atoms with E-state index in [0.29, 0.717) is 18.6 Å². The third-order valence-corrected chi connectivity index (χ3v) is 5.93. The van der Waals surface area contributed by atoms with Crippen molar-refractivity contribution in [2.45, 2.75) is 66.6 Å². The van der Waals surface area contributed by atoms with Crippen LogP contribution in [0, 0.1) is 0 Å². The van der Waals surface area contributed by atoms with Crippen molar-refractivity contribution >= 4 is 11.8 Å². The monoisotopic (exact) mass is 431 g/mol. The van der Waals surface area contributed by atoms with Crippen molar-refractivity contribution in [1.82, 2.24) is 25.4 Å². The van der Waals surface area contributed by atoms with Crippen molar-refractivity contribution in [2.24, 2.45) is 4.99 Å². The minimum absolute atomic E-state index is 0.577. The highest BCUT2D eigenvalue weighted by molar-refractivity contribution is 5.79. The summed E-state index contributed by atoms with van der Waals surface area (Å²) in [5.74, 6) is 1.96. The Hall–Kier alpha value is -1.86. The van der Waals surface area contributed by atoms with Gasteiger partial charge in [0.05, 0.1) is 6.54 Å². The lowest BCUT2D eigenvalue weighted by Gasteiger charge is -2.34. The number of guanidine groups is 1. The largest absolute Gasteiger partial charge is 0.357 e. The maximum Gasteiger partial charge on any atom is 0.191 e. The van der Waals surface area contributed by atoms with Crippen LogP contribution in [0.25, 0.3) is 0 Å². The molecule has 1 fully saturated rings. The Morgan fingerprint density at radius 3 is 2.42 bits per heavy atom. The molecule has 0 aromatic carbocycles. The normalized spacial score (nSPS) is 15.9. The summed E-state index contributed by atoms with van der Waals surface area (Å²) in [4.78, 5) is 16.8. The molecule has 176 valence electrons. The van der Waals surface area contributed by atoms with Crippen LogP contribution in [-0.2, 0) is 6.54 Å². The zero-order valence-electron chi connectivity index (χ0n) is 20.7. The number of rotatable bonds is 11. The van der Waals surface area contributed by atoms with Crippen molar-refractivity contribution in [3.05, 3.63) is 23.9 Å². The van der Waals surface area contributed by atoms with E-state index in [1.807, 2.05) is 6.20 Å². The Bertz CT molecular complexity index is 643. The highest BCUT2D eigenvalue weighted by atomic mass is 15.3. The smallest absolute Gasteiger partial charge is 0.191 e. The van der Waals surface area contributed by atoms with E-state index < -0.39 is 0 Å². The Labute approximate surface area is 190 Å². The Morgan fingerprint density at radius 2 is 1.81 bits per heavy atom. The van der Waals surface area contributed by atoms with Gasteiger partial charge in [-0.1, -0.05) is 6.92 Å². The molecule has 1 aliphatic rings. The van der Waals surface area contributed by atoms with Gasteiger partial charge in [0, 0.05) is 64.1 Å². The molecule has 0 radical (unpaired) electrons. The summed E-state index contributed by atoms with van der Waals surface area (Å²) in [6, 6.07) is 5.42. The van der Waals surface area contributed by atoms with Gasteiger partial charge in [-0.05, 0) is 65.3 Å². The highest BCUT2D eigenvalue weighted by Crippen LogP contribution is 2.15. The lowest BCUT2D eigenvalue weighted by Crippen LogP contribution is -2.46. The second-order valence-corrected chi connectivity index (χ2v) is 8.84. The van der Waals surface area contributed by atoms with E-state index in [9.17, 15) is 0 Å². The number of aliphatic imine (C=N–C) groups is 1. The second kappa shape index (κ2) is 13.5. The number of nitrogens with one attached hydrogen (secondary N) is 2. The predicted octanol–water partition coefficient (Wildman–Crippen LogP) is 2.79. The summed E-state index contributed by atoms with van der Waals surface area (Å²) in [7, 11) is 0. The number of likely N-dealkylation sites (N-methyl/N-ethyl adjacent to an activating group) is 1. The van der Waals surface area contributed by atoms with Crippen LogP contribution in [0.1, 0.15) is 53.5 Å². The van der Waals surface area contributed by atoms with Crippen LogP contribution in [0.15, 0.2) is 23.3 Å². The predicted molar refractivity (Wildman–Crippen MR) is 133 cm³/mol. The zero-order chi connectivity index (χ0) is 22.6. The first-order chi connectivity index (χ1) is 14.9. The Kier molecular flexibility index (Phi) is 11.1. The Balaban J connectivity index is 1.87. The van der Waals surface area contributed by atoms with Gasteiger partial charge in [0.2, 0.25) is 0 Å². The fraction of sp³-hybridized carbons (Fsp3) is 0.750. The molecule has 1 aromatic rings. The molecule has 0 saturated carbocycles. The van der Waals surface area contributed by atoms with Crippen LogP contribution >= 0.6 is 0 Å². The van der Waals surface area contributed by atoms with E-state index in [2.05, 4.69) is 84.0 Å². The van der Waals surface area contributed by atoms with Crippen LogP contribution in [0.3, 0.4) is 0 Å². The average Bonchev–Trinajstić information content (AvgIpc) is 2.77. The average molecular weight is 432 g/mol. The molecule has 0 spiro atoms. The SMILES string of the molecule is CCNC(=NCc1ccnc(N2CCN(CC)CC2)c1)NCCCN(C(C)C)C(C)C. The number of hydrogen-bond donors (Lipinski definition) is 2. The molecule has 0 amide bonds. The van der Waals surface area contributed by atoms with Gasteiger partial charge in [-0.15, -0.1) is 0 Å². The first-order valence-corrected chi connectivity index (χ1v) is 12.1. The first-order valence-electron chi connectivity index (χ1n) is 12.1. The molecular weight excluding hydrogens is 386 g/mol. The number of hydrogen-bond acceptors (Lipinski definition) is 5. The van der Waals surface area contributed by atoms with E-state index in [1.165, 1.54) is 5.56 Å². The summed E-state index contributed by atoms with van der Waals surface area (Å²) in [5, 5.41) is 6.86. The molecule has 0 aliphatic carbocycles. The van der Waals surface area contributed by atoms with Crippen LogP contribution in [0.4, 0.5) is 5.82 Å². The lowest BCUT2D eigenvalue weighted by molar-refractivity contribution is 0.173. The number of pyridine rings is 1. The first kappa shape index (κ1) is 25.4.